The molecule has 0 bridgehead atoms. The van der Waals surface area contributed by atoms with Crippen LogP contribution in [0.5, 0.6) is 5.75 Å². The van der Waals surface area contributed by atoms with Crippen LogP contribution < -0.4 is 15.0 Å². The molecule has 0 saturated heterocycles. The minimum Gasteiger partial charge on any atom is -0.482 e. The molecule has 1 aromatic carbocycles. The molecule has 118 valence electrons. The number of aromatic nitrogens is 1. The maximum atomic E-state index is 12.3. The summed E-state index contributed by atoms with van der Waals surface area (Å²) in [6, 6.07) is 9.22. The maximum absolute atomic E-state index is 12.3. The van der Waals surface area contributed by atoms with Crippen LogP contribution in [0.3, 0.4) is 0 Å². The largest absolute Gasteiger partial charge is 0.482 e. The highest BCUT2D eigenvalue weighted by molar-refractivity contribution is 6.04. The fraction of sp³-hybridized carbons (Fsp3) is 0.235. The Bertz CT molecular complexity index is 773. The first kappa shape index (κ1) is 15.0. The molecule has 0 aliphatic carbocycles. The third-order valence-electron chi connectivity index (χ3n) is 3.63. The fourth-order valence-corrected chi connectivity index (χ4v) is 2.42. The van der Waals surface area contributed by atoms with E-state index in [2.05, 4.69) is 10.3 Å². The summed E-state index contributed by atoms with van der Waals surface area (Å²) in [5.41, 5.74) is 2.48. The van der Waals surface area contributed by atoms with E-state index in [1.807, 2.05) is 38.1 Å². The van der Waals surface area contributed by atoms with Gasteiger partial charge in [0.15, 0.2) is 6.61 Å². The van der Waals surface area contributed by atoms with Gasteiger partial charge in [-0.3, -0.25) is 14.5 Å². The second kappa shape index (κ2) is 6.08. The molecule has 1 aliphatic rings. The Balaban J connectivity index is 1.80. The highest BCUT2D eigenvalue weighted by Gasteiger charge is 2.27. The number of hydrogen-bond donors (Lipinski definition) is 1. The van der Waals surface area contributed by atoms with Crippen molar-refractivity contribution < 1.29 is 14.3 Å². The SMILES string of the molecule is Cc1ccc2c(c1)N(CC(=O)Nc1ncccc1C)C(=O)CO2. The van der Waals surface area contributed by atoms with Crippen molar-refractivity contribution in [1.82, 2.24) is 4.98 Å². The molecule has 6 nitrogen and oxygen atoms in total. The van der Waals surface area contributed by atoms with Crippen LogP contribution in [0.2, 0.25) is 0 Å². The summed E-state index contributed by atoms with van der Waals surface area (Å²) in [7, 11) is 0. The maximum Gasteiger partial charge on any atom is 0.265 e. The summed E-state index contributed by atoms with van der Waals surface area (Å²) in [6.07, 6.45) is 1.61. The summed E-state index contributed by atoms with van der Waals surface area (Å²) in [5, 5.41) is 2.74. The Hall–Kier alpha value is -2.89. The van der Waals surface area contributed by atoms with Crippen molar-refractivity contribution >= 4 is 23.3 Å². The molecule has 3 rings (SSSR count). The van der Waals surface area contributed by atoms with Crippen molar-refractivity contribution in [3.8, 4) is 5.75 Å². The number of ether oxygens (including phenoxy) is 1. The number of benzene rings is 1. The van der Waals surface area contributed by atoms with Gasteiger partial charge in [-0.15, -0.1) is 0 Å². The fourth-order valence-electron chi connectivity index (χ4n) is 2.42. The van der Waals surface area contributed by atoms with E-state index in [9.17, 15) is 9.59 Å². The summed E-state index contributed by atoms with van der Waals surface area (Å²) in [5.74, 6) is 0.574. The third kappa shape index (κ3) is 3.15. The number of nitrogens with one attached hydrogen (secondary N) is 1. The van der Waals surface area contributed by atoms with Crippen LogP contribution in [-0.2, 0) is 9.59 Å². The molecule has 0 spiro atoms. The van der Waals surface area contributed by atoms with Crippen molar-refractivity contribution in [2.45, 2.75) is 13.8 Å². The number of carbonyl (C=O) groups is 2. The molecule has 0 atom stereocenters. The molecule has 23 heavy (non-hydrogen) atoms. The zero-order valence-electron chi connectivity index (χ0n) is 13.0. The lowest BCUT2D eigenvalue weighted by Crippen LogP contribution is -2.43. The second-order valence-corrected chi connectivity index (χ2v) is 5.46. The zero-order chi connectivity index (χ0) is 16.4. The van der Waals surface area contributed by atoms with Gasteiger partial charge < -0.3 is 10.1 Å². The lowest BCUT2D eigenvalue weighted by Gasteiger charge is -2.29. The van der Waals surface area contributed by atoms with Gasteiger partial charge in [0, 0.05) is 6.20 Å². The van der Waals surface area contributed by atoms with E-state index < -0.39 is 0 Å². The quantitative estimate of drug-likeness (QED) is 0.942. The first-order valence-electron chi connectivity index (χ1n) is 7.30. The van der Waals surface area contributed by atoms with E-state index in [1.54, 1.807) is 12.3 Å². The normalized spacial score (nSPS) is 13.3. The highest BCUT2D eigenvalue weighted by Crippen LogP contribution is 2.32. The Kier molecular flexibility index (Phi) is 3.97. The van der Waals surface area contributed by atoms with Gasteiger partial charge in [0.25, 0.3) is 5.91 Å². The van der Waals surface area contributed by atoms with Crippen LogP contribution >= 0.6 is 0 Å². The summed E-state index contributed by atoms with van der Waals surface area (Å²) >= 11 is 0. The van der Waals surface area contributed by atoms with Gasteiger partial charge in [0.1, 0.15) is 18.1 Å². The Morgan fingerprint density at radius 3 is 2.96 bits per heavy atom. The average molecular weight is 311 g/mol. The molecule has 0 radical (unpaired) electrons. The Morgan fingerprint density at radius 1 is 1.35 bits per heavy atom. The lowest BCUT2D eigenvalue weighted by atomic mass is 10.1. The molecular weight excluding hydrogens is 294 g/mol. The van der Waals surface area contributed by atoms with E-state index in [4.69, 9.17) is 4.74 Å². The van der Waals surface area contributed by atoms with Crippen LogP contribution in [0.25, 0.3) is 0 Å². The second-order valence-electron chi connectivity index (χ2n) is 5.46. The number of hydrogen-bond acceptors (Lipinski definition) is 4. The first-order chi connectivity index (χ1) is 11.0. The topological polar surface area (TPSA) is 71.5 Å². The van der Waals surface area contributed by atoms with E-state index >= 15 is 0 Å². The van der Waals surface area contributed by atoms with Crippen molar-refractivity contribution in [2.75, 3.05) is 23.4 Å². The van der Waals surface area contributed by atoms with Crippen LogP contribution in [0.1, 0.15) is 11.1 Å². The molecule has 6 heteroatoms. The minimum absolute atomic E-state index is 0.0635. The van der Waals surface area contributed by atoms with E-state index in [-0.39, 0.29) is 25.0 Å². The summed E-state index contributed by atoms with van der Waals surface area (Å²) < 4.78 is 5.40. The van der Waals surface area contributed by atoms with Crippen LogP contribution in [0.15, 0.2) is 36.5 Å². The molecule has 1 aliphatic heterocycles. The predicted octanol–water partition coefficient (Wildman–Crippen LogP) is 2.06. The van der Waals surface area contributed by atoms with Crippen molar-refractivity contribution in [2.24, 2.45) is 0 Å². The molecular formula is C17H17N3O3. The molecule has 1 N–H and O–H groups in total. The first-order valence-corrected chi connectivity index (χ1v) is 7.30. The number of pyridine rings is 1. The Labute approximate surface area is 134 Å². The standard InChI is InChI=1S/C17H17N3O3/c1-11-5-6-14-13(8-11)20(16(22)10-23-14)9-15(21)19-17-12(2)4-3-7-18-17/h3-8H,9-10H2,1-2H3,(H,18,19,21). The number of amides is 2. The van der Waals surface area contributed by atoms with E-state index in [0.29, 0.717) is 17.3 Å². The van der Waals surface area contributed by atoms with Crippen molar-refractivity contribution in [3.05, 3.63) is 47.7 Å². The van der Waals surface area contributed by atoms with Crippen LogP contribution in [0.4, 0.5) is 11.5 Å². The molecule has 2 aromatic rings. The molecule has 0 unspecified atom stereocenters. The summed E-state index contributed by atoms with van der Waals surface area (Å²) in [4.78, 5) is 30.0. The van der Waals surface area contributed by atoms with Crippen molar-refractivity contribution in [3.63, 3.8) is 0 Å². The van der Waals surface area contributed by atoms with Gasteiger partial charge in [-0.05, 0) is 43.2 Å². The predicted molar refractivity (Wildman–Crippen MR) is 86.6 cm³/mol. The van der Waals surface area contributed by atoms with Gasteiger partial charge in [-0.1, -0.05) is 12.1 Å². The average Bonchev–Trinajstić information content (AvgIpc) is 2.52. The van der Waals surface area contributed by atoms with Gasteiger partial charge >= 0.3 is 0 Å². The highest BCUT2D eigenvalue weighted by atomic mass is 16.5. The van der Waals surface area contributed by atoms with Gasteiger partial charge in [-0.25, -0.2) is 4.98 Å². The third-order valence-corrected chi connectivity index (χ3v) is 3.63. The zero-order valence-corrected chi connectivity index (χ0v) is 13.0. The van der Waals surface area contributed by atoms with Gasteiger partial charge in [-0.2, -0.15) is 0 Å². The smallest absolute Gasteiger partial charge is 0.265 e. The van der Waals surface area contributed by atoms with E-state index in [1.165, 1.54) is 4.90 Å². The van der Waals surface area contributed by atoms with Crippen molar-refractivity contribution in [1.29, 1.82) is 0 Å². The minimum atomic E-state index is -0.297. The van der Waals surface area contributed by atoms with Gasteiger partial charge in [0.2, 0.25) is 5.91 Å². The molecule has 0 saturated carbocycles. The summed E-state index contributed by atoms with van der Waals surface area (Å²) in [6.45, 7) is 3.65. The molecule has 1 aromatic heterocycles. The Morgan fingerprint density at radius 2 is 2.17 bits per heavy atom. The number of nitrogens with zero attached hydrogens (tertiary/aromatic N) is 2. The number of fused-ring (bicyclic) bond motifs is 1. The number of anilines is 2. The number of carbonyl (C=O) groups excluding carboxylic acids is 2. The van der Waals surface area contributed by atoms with Crippen LogP contribution in [0, 0.1) is 13.8 Å². The van der Waals surface area contributed by atoms with Crippen LogP contribution in [-0.4, -0.2) is 29.9 Å². The van der Waals surface area contributed by atoms with Gasteiger partial charge in [0.05, 0.1) is 5.69 Å². The lowest BCUT2D eigenvalue weighted by molar-refractivity contribution is -0.123. The molecule has 2 amide bonds. The molecule has 2 heterocycles. The number of aryl methyl sites for hydroxylation is 2. The monoisotopic (exact) mass is 311 g/mol. The number of rotatable bonds is 3. The molecule has 0 fully saturated rings. The van der Waals surface area contributed by atoms with E-state index in [0.717, 1.165) is 11.1 Å².